The van der Waals surface area contributed by atoms with Crippen molar-refractivity contribution in [2.75, 3.05) is 24.2 Å². The van der Waals surface area contributed by atoms with Crippen molar-refractivity contribution in [1.29, 1.82) is 0 Å². The number of benzene rings is 2. The van der Waals surface area contributed by atoms with Gasteiger partial charge in [-0.15, -0.1) is 0 Å². The topological polar surface area (TPSA) is 96.0 Å². The molecule has 10 heteroatoms. The number of rotatable bonds is 9. The number of carbonyl (C=O) groups excluding carboxylic acids is 2. The summed E-state index contributed by atoms with van der Waals surface area (Å²) in [5, 5.41) is 3.10. The van der Waals surface area contributed by atoms with E-state index in [2.05, 4.69) is 5.32 Å². The Morgan fingerprint density at radius 2 is 1.77 bits per heavy atom. The van der Waals surface area contributed by atoms with Crippen LogP contribution in [0.15, 0.2) is 42.5 Å². The Balaban J connectivity index is 2.45. The number of nitrogens with one attached hydrogen (secondary N) is 1. The molecule has 192 valence electrons. The number of carbonyl (C=O) groups is 2. The van der Waals surface area contributed by atoms with Gasteiger partial charge in [0.05, 0.1) is 24.1 Å². The van der Waals surface area contributed by atoms with Gasteiger partial charge in [0.15, 0.2) is 0 Å². The van der Waals surface area contributed by atoms with Gasteiger partial charge >= 0.3 is 0 Å². The largest absolute Gasteiger partial charge is 0.495 e. The first-order chi connectivity index (χ1) is 16.1. The zero-order chi connectivity index (χ0) is 26.6. The third kappa shape index (κ3) is 7.86. The molecule has 0 aromatic heterocycles. The van der Waals surface area contributed by atoms with Gasteiger partial charge in [-0.05, 0) is 63.9 Å². The van der Waals surface area contributed by atoms with Crippen LogP contribution in [0, 0.1) is 6.92 Å². The lowest BCUT2D eigenvalue weighted by molar-refractivity contribution is -0.140. The van der Waals surface area contributed by atoms with E-state index in [1.165, 1.54) is 30.2 Å². The molecule has 0 bridgehead atoms. The summed E-state index contributed by atoms with van der Waals surface area (Å²) in [4.78, 5) is 28.0. The Morgan fingerprint density at radius 3 is 2.29 bits per heavy atom. The van der Waals surface area contributed by atoms with Gasteiger partial charge in [-0.25, -0.2) is 8.42 Å². The van der Waals surface area contributed by atoms with Gasteiger partial charge in [-0.3, -0.25) is 13.9 Å². The first-order valence-electron chi connectivity index (χ1n) is 11.1. The number of amides is 2. The molecule has 0 aliphatic rings. The molecular formula is C25H34ClN3O5S. The fourth-order valence-corrected chi connectivity index (χ4v) is 4.55. The highest BCUT2D eigenvalue weighted by Gasteiger charge is 2.31. The van der Waals surface area contributed by atoms with Crippen LogP contribution in [0.4, 0.5) is 5.69 Å². The van der Waals surface area contributed by atoms with Gasteiger partial charge in [-0.1, -0.05) is 35.9 Å². The number of hydrogen-bond donors (Lipinski definition) is 1. The normalized spacial score (nSPS) is 12.6. The highest BCUT2D eigenvalue weighted by molar-refractivity contribution is 7.92. The molecule has 0 heterocycles. The predicted octanol–water partition coefficient (Wildman–Crippen LogP) is 3.76. The number of sulfonamides is 1. The van der Waals surface area contributed by atoms with E-state index in [0.29, 0.717) is 5.75 Å². The molecule has 2 rings (SSSR count). The molecule has 0 saturated carbocycles. The highest BCUT2D eigenvalue weighted by atomic mass is 35.5. The van der Waals surface area contributed by atoms with Crippen LogP contribution in [0.1, 0.15) is 38.8 Å². The number of methoxy groups -OCH3 is 1. The van der Waals surface area contributed by atoms with Crippen LogP contribution < -0.4 is 14.4 Å². The summed E-state index contributed by atoms with van der Waals surface area (Å²) in [6.07, 6.45) is 1.01. The van der Waals surface area contributed by atoms with Crippen molar-refractivity contribution in [3.63, 3.8) is 0 Å². The standard InChI is InChI=1S/C25H34ClN3O5S/c1-17-10-8-9-11-19(17)15-28(18(2)24(31)27-25(3,4)5)23(30)16-29(35(7,32)33)20-12-13-22(34-6)21(26)14-20/h8-14,18H,15-16H2,1-7H3,(H,27,31)/t18-/m1/s1. The number of ether oxygens (including phenoxy) is 1. The molecule has 0 spiro atoms. The molecule has 0 aliphatic carbocycles. The average Bonchev–Trinajstić information content (AvgIpc) is 2.74. The summed E-state index contributed by atoms with van der Waals surface area (Å²) in [7, 11) is -2.40. The third-order valence-electron chi connectivity index (χ3n) is 5.37. The number of halogens is 1. The van der Waals surface area contributed by atoms with E-state index in [9.17, 15) is 18.0 Å². The second kappa shape index (κ2) is 11.3. The van der Waals surface area contributed by atoms with E-state index in [1.807, 2.05) is 52.0 Å². The van der Waals surface area contributed by atoms with Crippen molar-refractivity contribution >= 4 is 39.1 Å². The number of hydrogen-bond acceptors (Lipinski definition) is 5. The monoisotopic (exact) mass is 523 g/mol. The van der Waals surface area contributed by atoms with Crippen LogP contribution in [-0.2, 0) is 26.2 Å². The van der Waals surface area contributed by atoms with E-state index in [0.717, 1.165) is 21.7 Å². The summed E-state index contributed by atoms with van der Waals surface area (Å²) < 4.78 is 31.4. The molecule has 35 heavy (non-hydrogen) atoms. The van der Waals surface area contributed by atoms with Gasteiger partial charge in [0.25, 0.3) is 0 Å². The molecule has 0 unspecified atom stereocenters. The van der Waals surface area contributed by atoms with Gasteiger partial charge in [-0.2, -0.15) is 0 Å². The molecule has 2 aromatic carbocycles. The molecule has 8 nitrogen and oxygen atoms in total. The fraction of sp³-hybridized carbons (Fsp3) is 0.440. The van der Waals surface area contributed by atoms with E-state index in [1.54, 1.807) is 6.92 Å². The molecule has 1 N–H and O–H groups in total. The zero-order valence-electron chi connectivity index (χ0n) is 21.3. The Hall–Kier alpha value is -2.78. The molecule has 1 atom stereocenters. The van der Waals surface area contributed by atoms with Gasteiger partial charge in [0.1, 0.15) is 18.3 Å². The van der Waals surface area contributed by atoms with Crippen LogP contribution in [0.25, 0.3) is 0 Å². The summed E-state index contributed by atoms with van der Waals surface area (Å²) in [6, 6.07) is 11.2. The highest BCUT2D eigenvalue weighted by Crippen LogP contribution is 2.30. The lowest BCUT2D eigenvalue weighted by atomic mass is 10.1. The molecule has 0 fully saturated rings. The van der Waals surface area contributed by atoms with Crippen molar-refractivity contribution in [1.82, 2.24) is 10.2 Å². The molecule has 0 aliphatic heterocycles. The Kier molecular flexibility index (Phi) is 9.19. The number of aryl methyl sites for hydroxylation is 1. The molecule has 0 saturated heterocycles. The Labute approximate surface area is 213 Å². The SMILES string of the molecule is COc1ccc(N(CC(=O)N(Cc2ccccc2C)[C@H](C)C(=O)NC(C)(C)C)S(C)(=O)=O)cc1Cl. The maximum atomic E-state index is 13.6. The minimum atomic E-state index is -3.85. The fourth-order valence-electron chi connectivity index (χ4n) is 3.45. The summed E-state index contributed by atoms with van der Waals surface area (Å²) in [6.45, 7) is 8.75. The van der Waals surface area contributed by atoms with Crippen molar-refractivity contribution in [3.8, 4) is 5.75 Å². The average molecular weight is 524 g/mol. The Bertz CT molecular complexity index is 1180. The number of nitrogens with zero attached hydrogens (tertiary/aromatic N) is 2. The van der Waals surface area contributed by atoms with Crippen molar-refractivity contribution in [2.24, 2.45) is 0 Å². The van der Waals surface area contributed by atoms with Crippen LogP contribution in [0.5, 0.6) is 5.75 Å². The zero-order valence-corrected chi connectivity index (χ0v) is 22.8. The minimum absolute atomic E-state index is 0.144. The van der Waals surface area contributed by atoms with Gasteiger partial charge < -0.3 is 15.0 Å². The molecule has 0 radical (unpaired) electrons. The van der Waals surface area contributed by atoms with Crippen LogP contribution in [0.2, 0.25) is 5.02 Å². The first kappa shape index (κ1) is 28.5. The predicted molar refractivity (Wildman–Crippen MR) is 139 cm³/mol. The molecule has 2 amide bonds. The Morgan fingerprint density at radius 1 is 1.14 bits per heavy atom. The van der Waals surface area contributed by atoms with Crippen LogP contribution in [0.3, 0.4) is 0 Å². The summed E-state index contributed by atoms with van der Waals surface area (Å²) in [5.74, 6) is -0.483. The van der Waals surface area contributed by atoms with Crippen molar-refractivity contribution in [2.45, 2.75) is 52.7 Å². The van der Waals surface area contributed by atoms with Gasteiger partial charge in [0.2, 0.25) is 21.8 Å². The van der Waals surface area contributed by atoms with Crippen LogP contribution >= 0.6 is 11.6 Å². The second-order valence-electron chi connectivity index (χ2n) is 9.45. The van der Waals surface area contributed by atoms with E-state index in [4.69, 9.17) is 16.3 Å². The van der Waals surface area contributed by atoms with Crippen molar-refractivity contribution < 1.29 is 22.7 Å². The van der Waals surface area contributed by atoms with E-state index >= 15 is 0 Å². The van der Waals surface area contributed by atoms with Crippen LogP contribution in [-0.4, -0.2) is 56.6 Å². The second-order valence-corrected chi connectivity index (χ2v) is 11.8. The van der Waals surface area contributed by atoms with Crippen molar-refractivity contribution in [3.05, 3.63) is 58.6 Å². The summed E-state index contributed by atoms with van der Waals surface area (Å²) in [5.41, 5.74) is 1.53. The quantitative estimate of drug-likeness (QED) is 0.540. The molecule has 2 aromatic rings. The van der Waals surface area contributed by atoms with Gasteiger partial charge in [0, 0.05) is 12.1 Å². The summed E-state index contributed by atoms with van der Waals surface area (Å²) >= 11 is 6.21. The third-order valence-corrected chi connectivity index (χ3v) is 6.81. The first-order valence-corrected chi connectivity index (χ1v) is 13.3. The van der Waals surface area contributed by atoms with E-state index in [-0.39, 0.29) is 23.2 Å². The number of anilines is 1. The lowest BCUT2D eigenvalue weighted by Gasteiger charge is -2.33. The molecular weight excluding hydrogens is 490 g/mol. The maximum absolute atomic E-state index is 13.6. The lowest BCUT2D eigenvalue weighted by Crippen LogP contribution is -2.54. The maximum Gasteiger partial charge on any atom is 0.244 e. The minimum Gasteiger partial charge on any atom is -0.495 e. The van der Waals surface area contributed by atoms with E-state index < -0.39 is 34.1 Å². The smallest absolute Gasteiger partial charge is 0.244 e.